The molecule has 0 bridgehead atoms. The largest absolute Gasteiger partial charge is 0.360 e. The van der Waals surface area contributed by atoms with E-state index in [-0.39, 0.29) is 0 Å². The topological polar surface area (TPSA) is 48.7 Å². The van der Waals surface area contributed by atoms with Gasteiger partial charge in [-0.2, -0.15) is 5.26 Å². The van der Waals surface area contributed by atoms with Gasteiger partial charge in [-0.15, -0.1) is 11.3 Å². The lowest BCUT2D eigenvalue weighted by Gasteiger charge is -2.05. The molecule has 3 nitrogen and oxygen atoms in total. The van der Waals surface area contributed by atoms with Crippen molar-refractivity contribution in [1.29, 1.82) is 5.26 Å². The first kappa shape index (κ1) is 19.9. The molecule has 0 atom stereocenters. The van der Waals surface area contributed by atoms with Crippen molar-refractivity contribution in [3.05, 3.63) is 75.7 Å². The van der Waals surface area contributed by atoms with E-state index in [1.807, 2.05) is 5.38 Å². The summed E-state index contributed by atoms with van der Waals surface area (Å²) in [6.45, 7) is 8.57. The van der Waals surface area contributed by atoms with E-state index in [0.29, 0.717) is 11.5 Å². The molecule has 28 heavy (non-hydrogen) atoms. The molecule has 0 saturated heterocycles. The van der Waals surface area contributed by atoms with Crippen LogP contribution < -0.4 is 5.32 Å². The summed E-state index contributed by atoms with van der Waals surface area (Å²) in [4.78, 5) is 4.68. The Bertz CT molecular complexity index is 1000. The maximum atomic E-state index is 9.58. The van der Waals surface area contributed by atoms with E-state index >= 15 is 0 Å². The predicted molar refractivity (Wildman–Crippen MR) is 119 cm³/mol. The minimum atomic E-state index is 0.534. The van der Waals surface area contributed by atoms with Crippen molar-refractivity contribution in [2.45, 2.75) is 34.1 Å². The summed E-state index contributed by atoms with van der Waals surface area (Å²) in [7, 11) is 0. The van der Waals surface area contributed by atoms with Crippen LogP contribution in [-0.2, 0) is 6.42 Å². The van der Waals surface area contributed by atoms with Gasteiger partial charge in [0.15, 0.2) is 0 Å². The maximum absolute atomic E-state index is 9.58. The molecule has 1 heterocycles. The van der Waals surface area contributed by atoms with Crippen LogP contribution in [0, 0.1) is 31.1 Å². The molecule has 0 aliphatic heterocycles. The minimum Gasteiger partial charge on any atom is -0.360 e. The lowest BCUT2D eigenvalue weighted by molar-refractivity contribution is 0.647. The van der Waals surface area contributed by atoms with Crippen molar-refractivity contribution in [2.24, 2.45) is 5.92 Å². The van der Waals surface area contributed by atoms with E-state index in [1.54, 1.807) is 6.20 Å². The standard InChI is InChI=1S/C24H25N3S/c1-16(2)9-19-5-7-20(8-6-19)23-15-28-24(27-23)21(13-25)14-26-22-11-17(3)10-18(4)12-22/h5-8,10-12,14-16,26H,9H2,1-4H3. The Balaban J connectivity index is 1.78. The zero-order valence-electron chi connectivity index (χ0n) is 16.8. The van der Waals surface area contributed by atoms with Crippen LogP contribution in [0.1, 0.15) is 35.5 Å². The fraction of sp³-hybridized carbons (Fsp3) is 0.250. The van der Waals surface area contributed by atoms with E-state index < -0.39 is 0 Å². The lowest BCUT2D eigenvalue weighted by Crippen LogP contribution is -1.93. The highest BCUT2D eigenvalue weighted by molar-refractivity contribution is 7.11. The number of anilines is 1. The molecule has 0 aliphatic carbocycles. The summed E-state index contributed by atoms with van der Waals surface area (Å²) in [5, 5.41) is 15.5. The van der Waals surface area contributed by atoms with Gasteiger partial charge >= 0.3 is 0 Å². The average Bonchev–Trinajstić information content (AvgIpc) is 3.11. The number of benzene rings is 2. The van der Waals surface area contributed by atoms with Crippen LogP contribution in [0.5, 0.6) is 0 Å². The first-order chi connectivity index (χ1) is 13.4. The van der Waals surface area contributed by atoms with Gasteiger partial charge in [-0.25, -0.2) is 4.98 Å². The summed E-state index contributed by atoms with van der Waals surface area (Å²) in [6.07, 6.45) is 2.82. The van der Waals surface area contributed by atoms with Crippen LogP contribution >= 0.6 is 11.3 Å². The second-order valence-corrected chi connectivity index (χ2v) is 8.38. The third kappa shape index (κ3) is 5.09. The number of hydrogen-bond donors (Lipinski definition) is 1. The van der Waals surface area contributed by atoms with Crippen LogP contribution in [0.4, 0.5) is 5.69 Å². The van der Waals surface area contributed by atoms with Crippen LogP contribution in [0.25, 0.3) is 16.8 Å². The van der Waals surface area contributed by atoms with E-state index in [4.69, 9.17) is 0 Å². The van der Waals surface area contributed by atoms with Crippen LogP contribution in [-0.4, -0.2) is 4.98 Å². The molecule has 1 aromatic heterocycles. The molecule has 3 rings (SSSR count). The predicted octanol–water partition coefficient (Wildman–Crippen LogP) is 6.60. The molecule has 4 heteroatoms. The van der Waals surface area contributed by atoms with Crippen LogP contribution in [0.2, 0.25) is 0 Å². The number of aryl methyl sites for hydroxylation is 2. The second kappa shape index (κ2) is 8.86. The quantitative estimate of drug-likeness (QED) is 0.485. The average molecular weight is 388 g/mol. The second-order valence-electron chi connectivity index (χ2n) is 7.52. The van der Waals surface area contributed by atoms with Gasteiger partial charge in [0, 0.05) is 22.8 Å². The van der Waals surface area contributed by atoms with Gasteiger partial charge < -0.3 is 5.32 Å². The minimum absolute atomic E-state index is 0.534. The number of nitrogens with zero attached hydrogens (tertiary/aromatic N) is 2. The number of allylic oxidation sites excluding steroid dienone is 1. The smallest absolute Gasteiger partial charge is 0.136 e. The van der Waals surface area contributed by atoms with Gasteiger partial charge in [-0.3, -0.25) is 0 Å². The molecule has 2 aromatic carbocycles. The molecular formula is C24H25N3S. The van der Waals surface area contributed by atoms with Gasteiger partial charge in [-0.05, 0) is 55.0 Å². The first-order valence-corrected chi connectivity index (χ1v) is 10.3. The number of thiazole rings is 1. The summed E-state index contributed by atoms with van der Waals surface area (Å²) >= 11 is 1.49. The Morgan fingerprint density at radius 2 is 1.82 bits per heavy atom. The van der Waals surface area contributed by atoms with Crippen molar-refractivity contribution >= 4 is 22.6 Å². The summed E-state index contributed by atoms with van der Waals surface area (Å²) in [6, 6.07) is 17.1. The molecule has 1 N–H and O–H groups in total. The molecule has 0 saturated carbocycles. The Labute approximate surface area is 171 Å². The van der Waals surface area contributed by atoms with Gasteiger partial charge in [0.1, 0.15) is 16.6 Å². The van der Waals surface area contributed by atoms with E-state index in [0.717, 1.165) is 28.4 Å². The highest BCUT2D eigenvalue weighted by atomic mass is 32.1. The number of hydrogen-bond acceptors (Lipinski definition) is 4. The van der Waals surface area contributed by atoms with Gasteiger partial charge in [0.05, 0.1) is 5.69 Å². The highest BCUT2D eigenvalue weighted by Crippen LogP contribution is 2.27. The van der Waals surface area contributed by atoms with Gasteiger partial charge in [0.25, 0.3) is 0 Å². The van der Waals surface area contributed by atoms with Crippen molar-refractivity contribution in [3.63, 3.8) is 0 Å². The molecule has 3 aromatic rings. The summed E-state index contributed by atoms with van der Waals surface area (Å²) in [5.74, 6) is 0.643. The zero-order chi connectivity index (χ0) is 20.1. The third-order valence-corrected chi connectivity index (χ3v) is 5.23. The molecule has 0 aliphatic rings. The number of aromatic nitrogens is 1. The highest BCUT2D eigenvalue weighted by Gasteiger charge is 2.09. The number of rotatable bonds is 6. The van der Waals surface area contributed by atoms with Crippen molar-refractivity contribution in [3.8, 4) is 17.3 Å². The molecule has 0 spiro atoms. The SMILES string of the molecule is Cc1cc(C)cc(NC=C(C#N)c2nc(-c3ccc(CC(C)C)cc3)cs2)c1. The van der Waals surface area contributed by atoms with E-state index in [9.17, 15) is 5.26 Å². The molecule has 0 fully saturated rings. The monoisotopic (exact) mass is 387 g/mol. The maximum Gasteiger partial charge on any atom is 0.136 e. The van der Waals surface area contributed by atoms with Gasteiger partial charge in [0.2, 0.25) is 0 Å². The van der Waals surface area contributed by atoms with Crippen molar-refractivity contribution < 1.29 is 0 Å². The first-order valence-electron chi connectivity index (χ1n) is 9.45. The normalized spacial score (nSPS) is 11.5. The van der Waals surface area contributed by atoms with Gasteiger partial charge in [-0.1, -0.05) is 44.2 Å². The van der Waals surface area contributed by atoms with E-state index in [2.05, 4.69) is 86.5 Å². The third-order valence-electron chi connectivity index (χ3n) is 4.35. The van der Waals surface area contributed by atoms with E-state index in [1.165, 1.54) is 28.0 Å². The fourth-order valence-corrected chi connectivity index (χ4v) is 3.96. The summed E-state index contributed by atoms with van der Waals surface area (Å²) < 4.78 is 0. The van der Waals surface area contributed by atoms with Crippen LogP contribution in [0.3, 0.4) is 0 Å². The molecular weight excluding hydrogens is 362 g/mol. The lowest BCUT2D eigenvalue weighted by atomic mass is 10.0. The Morgan fingerprint density at radius 3 is 2.43 bits per heavy atom. The number of nitriles is 1. The summed E-state index contributed by atoms with van der Waals surface area (Å²) in [5.41, 5.74) is 7.20. The zero-order valence-corrected chi connectivity index (χ0v) is 17.6. The molecule has 0 unspecified atom stereocenters. The van der Waals surface area contributed by atoms with Crippen molar-refractivity contribution in [1.82, 2.24) is 4.98 Å². The fourth-order valence-electron chi connectivity index (χ4n) is 3.17. The van der Waals surface area contributed by atoms with Crippen molar-refractivity contribution in [2.75, 3.05) is 5.32 Å². The Hall–Kier alpha value is -2.90. The molecule has 0 radical (unpaired) electrons. The molecule has 0 amide bonds. The Morgan fingerprint density at radius 1 is 1.14 bits per heavy atom. The number of nitrogens with one attached hydrogen (secondary N) is 1. The van der Waals surface area contributed by atoms with Crippen LogP contribution in [0.15, 0.2) is 54.0 Å². The Kier molecular flexibility index (Phi) is 6.28. The molecule has 142 valence electrons.